The molecule has 0 radical (unpaired) electrons. The minimum absolute atomic E-state index is 0.118. The second-order valence-corrected chi connectivity index (χ2v) is 6.11. The highest BCUT2D eigenvalue weighted by Gasteiger charge is 2.32. The van der Waals surface area contributed by atoms with Gasteiger partial charge in [0.2, 0.25) is 0 Å². The number of non-ortho nitro benzene ring substituents is 1. The molecule has 0 fully saturated rings. The van der Waals surface area contributed by atoms with Gasteiger partial charge in [0.1, 0.15) is 6.17 Å². The molecule has 9 heteroatoms. The van der Waals surface area contributed by atoms with Crippen molar-refractivity contribution in [3.8, 4) is 0 Å². The van der Waals surface area contributed by atoms with E-state index in [9.17, 15) is 19.7 Å². The first kappa shape index (κ1) is 17.7. The summed E-state index contributed by atoms with van der Waals surface area (Å²) < 4.78 is 0. The number of amides is 2. The van der Waals surface area contributed by atoms with Crippen LogP contribution in [0, 0.1) is 10.1 Å². The number of halogens is 1. The van der Waals surface area contributed by atoms with E-state index in [-0.39, 0.29) is 17.2 Å². The van der Waals surface area contributed by atoms with E-state index >= 15 is 0 Å². The fourth-order valence-corrected chi connectivity index (χ4v) is 2.83. The van der Waals surface area contributed by atoms with Crippen LogP contribution in [0.25, 0.3) is 0 Å². The first-order valence-electron chi connectivity index (χ1n) is 7.85. The van der Waals surface area contributed by atoms with E-state index in [0.717, 1.165) is 0 Å². The molecule has 0 aromatic heterocycles. The molecule has 2 amide bonds. The molecule has 0 saturated heterocycles. The molecular formula is C17H15ClN4O4. The Hall–Kier alpha value is -3.13. The summed E-state index contributed by atoms with van der Waals surface area (Å²) in [7, 11) is 0. The fourth-order valence-electron chi connectivity index (χ4n) is 2.66. The number of nitro groups is 1. The third-order valence-corrected chi connectivity index (χ3v) is 4.25. The molecule has 0 saturated carbocycles. The Labute approximate surface area is 153 Å². The van der Waals surface area contributed by atoms with E-state index in [1.807, 2.05) is 6.92 Å². The van der Waals surface area contributed by atoms with Gasteiger partial charge in [0.25, 0.3) is 17.5 Å². The lowest BCUT2D eigenvalue weighted by Crippen LogP contribution is -2.57. The van der Waals surface area contributed by atoms with Crippen molar-refractivity contribution >= 4 is 34.8 Å². The van der Waals surface area contributed by atoms with Gasteiger partial charge in [0, 0.05) is 28.4 Å². The average molecular weight is 375 g/mol. The smallest absolute Gasteiger partial charge is 0.276 e. The standard InChI is InChI=1S/C17H15ClN4O4/c1-2-15-19-14-8-5-11(18)9-13(14)17(24)21(15)20-16(23)10-3-6-12(7-4-10)22(25)26/h3-9,15,19H,2H2,1H3,(H,20,23). The number of rotatable bonds is 4. The molecule has 2 aromatic rings. The number of carbonyl (C=O) groups excluding carboxylic acids is 2. The largest absolute Gasteiger partial charge is 0.363 e. The van der Waals surface area contributed by atoms with Gasteiger partial charge in [0.15, 0.2) is 0 Å². The van der Waals surface area contributed by atoms with Crippen LogP contribution in [0.1, 0.15) is 34.1 Å². The third kappa shape index (κ3) is 3.31. The first-order valence-corrected chi connectivity index (χ1v) is 8.23. The van der Waals surface area contributed by atoms with Crippen LogP contribution in [0.2, 0.25) is 5.02 Å². The van der Waals surface area contributed by atoms with Crippen molar-refractivity contribution in [3.63, 3.8) is 0 Å². The predicted octanol–water partition coefficient (Wildman–Crippen LogP) is 3.20. The van der Waals surface area contributed by atoms with Crippen LogP contribution in [-0.2, 0) is 0 Å². The number of fused-ring (bicyclic) bond motifs is 1. The number of hydrogen-bond donors (Lipinski definition) is 2. The van der Waals surface area contributed by atoms with Crippen LogP contribution in [0.5, 0.6) is 0 Å². The Balaban J connectivity index is 1.84. The lowest BCUT2D eigenvalue weighted by Gasteiger charge is -2.37. The highest BCUT2D eigenvalue weighted by molar-refractivity contribution is 6.31. The van der Waals surface area contributed by atoms with Crippen molar-refractivity contribution in [2.24, 2.45) is 0 Å². The van der Waals surface area contributed by atoms with Crippen LogP contribution in [0.4, 0.5) is 11.4 Å². The zero-order valence-electron chi connectivity index (χ0n) is 13.7. The Morgan fingerprint density at radius 1 is 1.31 bits per heavy atom. The van der Waals surface area contributed by atoms with Crippen molar-refractivity contribution in [2.75, 3.05) is 5.32 Å². The van der Waals surface area contributed by atoms with Crippen LogP contribution in [-0.4, -0.2) is 27.9 Å². The number of nitrogens with one attached hydrogen (secondary N) is 2. The van der Waals surface area contributed by atoms with Crippen molar-refractivity contribution < 1.29 is 14.5 Å². The molecular weight excluding hydrogens is 360 g/mol. The van der Waals surface area contributed by atoms with Gasteiger partial charge in [-0.2, -0.15) is 0 Å². The van der Waals surface area contributed by atoms with E-state index in [0.29, 0.717) is 22.7 Å². The molecule has 1 unspecified atom stereocenters. The topological polar surface area (TPSA) is 105 Å². The number of hydrogen-bond acceptors (Lipinski definition) is 5. The molecule has 1 aliphatic rings. The molecule has 2 N–H and O–H groups in total. The molecule has 0 spiro atoms. The van der Waals surface area contributed by atoms with E-state index < -0.39 is 17.0 Å². The van der Waals surface area contributed by atoms with Crippen LogP contribution in [0.15, 0.2) is 42.5 Å². The lowest BCUT2D eigenvalue weighted by atomic mass is 10.1. The second-order valence-electron chi connectivity index (χ2n) is 5.68. The average Bonchev–Trinajstić information content (AvgIpc) is 2.64. The van der Waals surface area contributed by atoms with E-state index in [1.54, 1.807) is 12.1 Å². The van der Waals surface area contributed by atoms with Gasteiger partial charge in [-0.25, -0.2) is 5.01 Å². The van der Waals surface area contributed by atoms with Crippen LogP contribution < -0.4 is 10.7 Å². The summed E-state index contributed by atoms with van der Waals surface area (Å²) in [5, 5.41) is 15.5. The quantitative estimate of drug-likeness (QED) is 0.631. The van der Waals surface area contributed by atoms with E-state index in [4.69, 9.17) is 11.6 Å². The third-order valence-electron chi connectivity index (χ3n) is 4.01. The molecule has 0 aliphatic carbocycles. The minimum atomic E-state index is -0.548. The summed E-state index contributed by atoms with van der Waals surface area (Å²) in [6.45, 7) is 1.87. The van der Waals surface area contributed by atoms with Crippen LogP contribution in [0.3, 0.4) is 0 Å². The number of anilines is 1. The molecule has 134 valence electrons. The van der Waals surface area contributed by atoms with Crippen molar-refractivity contribution in [2.45, 2.75) is 19.5 Å². The SMILES string of the molecule is CCC1Nc2ccc(Cl)cc2C(=O)N1NC(=O)c1ccc([N+](=O)[O-])cc1. The lowest BCUT2D eigenvalue weighted by molar-refractivity contribution is -0.384. The maximum atomic E-state index is 12.8. The zero-order chi connectivity index (χ0) is 18.8. The first-order chi connectivity index (χ1) is 12.4. The maximum absolute atomic E-state index is 12.8. The maximum Gasteiger partial charge on any atom is 0.276 e. The monoisotopic (exact) mass is 374 g/mol. The van der Waals surface area contributed by atoms with Crippen LogP contribution >= 0.6 is 11.6 Å². The Bertz CT molecular complexity index is 885. The number of nitro benzene ring substituents is 1. The van der Waals surface area contributed by atoms with E-state index in [2.05, 4.69) is 10.7 Å². The predicted molar refractivity (Wildman–Crippen MR) is 95.9 cm³/mol. The van der Waals surface area contributed by atoms with Crippen molar-refractivity contribution in [1.29, 1.82) is 0 Å². The number of benzene rings is 2. The summed E-state index contributed by atoms with van der Waals surface area (Å²) in [5.74, 6) is -0.928. The molecule has 26 heavy (non-hydrogen) atoms. The molecule has 1 heterocycles. The zero-order valence-corrected chi connectivity index (χ0v) is 14.5. The van der Waals surface area contributed by atoms with Gasteiger partial charge in [-0.05, 0) is 36.8 Å². The van der Waals surface area contributed by atoms with E-state index in [1.165, 1.54) is 35.3 Å². The summed E-state index contributed by atoms with van der Waals surface area (Å²) in [5.41, 5.74) is 3.65. The Morgan fingerprint density at radius 2 is 2.00 bits per heavy atom. The summed E-state index contributed by atoms with van der Waals surface area (Å²) in [6.07, 6.45) is 0.118. The second kappa shape index (κ2) is 7.01. The Morgan fingerprint density at radius 3 is 2.62 bits per heavy atom. The minimum Gasteiger partial charge on any atom is -0.363 e. The molecule has 0 bridgehead atoms. The Kier molecular flexibility index (Phi) is 4.77. The number of carbonyl (C=O) groups is 2. The number of nitrogens with zero attached hydrogens (tertiary/aromatic N) is 2. The van der Waals surface area contributed by atoms with Gasteiger partial charge in [-0.1, -0.05) is 18.5 Å². The van der Waals surface area contributed by atoms with Gasteiger partial charge in [-0.15, -0.1) is 0 Å². The summed E-state index contributed by atoms with van der Waals surface area (Å²) in [4.78, 5) is 35.4. The van der Waals surface area contributed by atoms with Crippen molar-refractivity contribution in [3.05, 3.63) is 68.7 Å². The van der Waals surface area contributed by atoms with Gasteiger partial charge >= 0.3 is 0 Å². The molecule has 2 aromatic carbocycles. The van der Waals surface area contributed by atoms with Gasteiger partial charge < -0.3 is 5.32 Å². The van der Waals surface area contributed by atoms with Gasteiger partial charge in [-0.3, -0.25) is 25.1 Å². The molecule has 8 nitrogen and oxygen atoms in total. The molecule has 1 atom stereocenters. The normalized spacial score (nSPS) is 15.8. The highest BCUT2D eigenvalue weighted by atomic mass is 35.5. The highest BCUT2D eigenvalue weighted by Crippen LogP contribution is 2.28. The van der Waals surface area contributed by atoms with Gasteiger partial charge in [0.05, 0.1) is 10.5 Å². The number of hydrazine groups is 1. The molecule has 3 rings (SSSR count). The van der Waals surface area contributed by atoms with Crippen molar-refractivity contribution in [1.82, 2.24) is 10.4 Å². The summed E-state index contributed by atoms with van der Waals surface area (Å²) >= 11 is 5.96. The molecule has 1 aliphatic heterocycles. The fraction of sp³-hybridized carbons (Fsp3) is 0.176. The summed E-state index contributed by atoms with van der Waals surface area (Å²) in [6, 6.07) is 10.1.